The lowest BCUT2D eigenvalue weighted by Gasteiger charge is -2.10. The fourth-order valence-electron chi connectivity index (χ4n) is 2.17. The summed E-state index contributed by atoms with van der Waals surface area (Å²) in [6.07, 6.45) is -0.479. The molecule has 0 fully saturated rings. The second-order valence-electron chi connectivity index (χ2n) is 5.21. The van der Waals surface area contributed by atoms with Gasteiger partial charge in [-0.3, -0.25) is 14.8 Å². The molecule has 1 aromatic heterocycles. The van der Waals surface area contributed by atoms with Gasteiger partial charge in [-0.15, -0.1) is 13.2 Å². The number of hydrogen-bond donors (Lipinski definition) is 2. The van der Waals surface area contributed by atoms with E-state index in [2.05, 4.69) is 4.74 Å². The highest BCUT2D eigenvalue weighted by molar-refractivity contribution is 5.90. The number of pyridine rings is 1. The Hall–Kier alpha value is -3.07. The number of hydroxylamine groups is 1. The van der Waals surface area contributed by atoms with E-state index in [1.165, 1.54) is 46.5 Å². The molecule has 26 heavy (non-hydrogen) atoms. The van der Waals surface area contributed by atoms with E-state index in [0.717, 1.165) is 11.6 Å². The van der Waals surface area contributed by atoms with Gasteiger partial charge in [0.25, 0.3) is 11.5 Å². The highest BCUT2D eigenvalue weighted by Gasteiger charge is 2.30. The Labute approximate surface area is 146 Å². The van der Waals surface area contributed by atoms with E-state index in [0.29, 0.717) is 13.0 Å². The molecule has 2 N–H and O–H groups in total. The Kier molecular flexibility index (Phi) is 6.18. The number of aromatic nitrogens is 1. The SMILES string of the molecule is O=C(/C=C/c1cccn(CCc2ccc(OC(F)(F)F)cc2)c1=O)NO. The molecule has 0 aliphatic carbocycles. The van der Waals surface area contributed by atoms with Crippen LogP contribution in [0.5, 0.6) is 5.75 Å². The van der Waals surface area contributed by atoms with Gasteiger partial charge in [0.15, 0.2) is 0 Å². The number of benzene rings is 1. The van der Waals surface area contributed by atoms with E-state index in [4.69, 9.17) is 5.21 Å². The molecular formula is C17H15F3N2O4. The summed E-state index contributed by atoms with van der Waals surface area (Å²) in [7, 11) is 0. The van der Waals surface area contributed by atoms with Crippen LogP contribution in [0.2, 0.25) is 0 Å². The van der Waals surface area contributed by atoms with Gasteiger partial charge in [-0.25, -0.2) is 5.48 Å². The Morgan fingerprint density at radius 1 is 1.23 bits per heavy atom. The summed E-state index contributed by atoms with van der Waals surface area (Å²) < 4.78 is 41.6. The van der Waals surface area contributed by atoms with Gasteiger partial charge in [0.05, 0.1) is 0 Å². The maximum atomic E-state index is 12.3. The minimum Gasteiger partial charge on any atom is -0.406 e. The van der Waals surface area contributed by atoms with Crippen LogP contribution in [-0.2, 0) is 17.8 Å². The average Bonchev–Trinajstić information content (AvgIpc) is 2.59. The number of nitrogens with zero attached hydrogens (tertiary/aromatic N) is 1. The summed E-state index contributed by atoms with van der Waals surface area (Å²) in [5.74, 6) is -1.08. The molecule has 1 heterocycles. The predicted molar refractivity (Wildman–Crippen MR) is 86.5 cm³/mol. The largest absolute Gasteiger partial charge is 0.573 e. The van der Waals surface area contributed by atoms with Crippen LogP contribution < -0.4 is 15.8 Å². The van der Waals surface area contributed by atoms with Crippen LogP contribution in [0.3, 0.4) is 0 Å². The number of ether oxygens (including phenoxy) is 1. The zero-order valence-corrected chi connectivity index (χ0v) is 13.4. The first kappa shape index (κ1) is 19.3. The summed E-state index contributed by atoms with van der Waals surface area (Å²) in [6.45, 7) is 0.298. The van der Waals surface area contributed by atoms with Crippen molar-refractivity contribution in [2.24, 2.45) is 0 Å². The topological polar surface area (TPSA) is 80.6 Å². The number of rotatable bonds is 6. The summed E-state index contributed by atoms with van der Waals surface area (Å²) in [5, 5.41) is 8.42. The lowest BCUT2D eigenvalue weighted by Crippen LogP contribution is -2.22. The van der Waals surface area contributed by atoms with E-state index in [1.807, 2.05) is 0 Å². The van der Waals surface area contributed by atoms with Crippen molar-refractivity contribution >= 4 is 12.0 Å². The van der Waals surface area contributed by atoms with Crippen LogP contribution in [0, 0.1) is 0 Å². The summed E-state index contributed by atoms with van der Waals surface area (Å²) in [6, 6.07) is 8.53. The molecular weight excluding hydrogens is 353 g/mol. The number of aryl methyl sites for hydroxylation is 2. The molecule has 0 unspecified atom stereocenters. The lowest BCUT2D eigenvalue weighted by molar-refractivity contribution is -0.274. The van der Waals surface area contributed by atoms with Crippen LogP contribution in [0.1, 0.15) is 11.1 Å². The number of halogens is 3. The number of carbonyl (C=O) groups excluding carboxylic acids is 1. The summed E-state index contributed by atoms with van der Waals surface area (Å²) in [5.41, 5.74) is 2.06. The molecule has 0 radical (unpaired) electrons. The first-order chi connectivity index (χ1) is 12.3. The van der Waals surface area contributed by atoms with Crippen molar-refractivity contribution < 1.29 is 27.9 Å². The fourth-order valence-corrected chi connectivity index (χ4v) is 2.17. The smallest absolute Gasteiger partial charge is 0.406 e. The molecule has 0 spiro atoms. The van der Waals surface area contributed by atoms with Crippen molar-refractivity contribution in [3.05, 3.63) is 70.2 Å². The summed E-state index contributed by atoms with van der Waals surface area (Å²) >= 11 is 0. The monoisotopic (exact) mass is 368 g/mol. The third kappa shape index (κ3) is 5.78. The number of amides is 1. The fraction of sp³-hybridized carbons (Fsp3) is 0.176. The van der Waals surface area contributed by atoms with Crippen LogP contribution in [-0.4, -0.2) is 22.0 Å². The first-order valence-corrected chi connectivity index (χ1v) is 7.45. The number of alkyl halides is 3. The molecule has 0 bridgehead atoms. The van der Waals surface area contributed by atoms with E-state index < -0.39 is 12.3 Å². The third-order valence-corrected chi connectivity index (χ3v) is 3.37. The molecule has 9 heteroatoms. The zero-order chi connectivity index (χ0) is 19.2. The normalized spacial score (nSPS) is 11.5. The number of hydrogen-bond acceptors (Lipinski definition) is 4. The Balaban J connectivity index is 2.04. The maximum Gasteiger partial charge on any atom is 0.573 e. The third-order valence-electron chi connectivity index (χ3n) is 3.37. The van der Waals surface area contributed by atoms with Crippen LogP contribution in [0.15, 0.2) is 53.5 Å². The molecule has 0 atom stereocenters. The Bertz CT molecular complexity index is 842. The van der Waals surface area contributed by atoms with Gasteiger partial charge in [0.2, 0.25) is 0 Å². The van der Waals surface area contributed by atoms with Crippen LogP contribution >= 0.6 is 0 Å². The molecule has 138 valence electrons. The van der Waals surface area contributed by atoms with Crippen LogP contribution in [0.25, 0.3) is 6.08 Å². The predicted octanol–water partition coefficient (Wildman–Crippen LogP) is 2.51. The lowest BCUT2D eigenvalue weighted by atomic mass is 10.1. The number of carbonyl (C=O) groups is 1. The van der Waals surface area contributed by atoms with Gasteiger partial charge in [-0.05, 0) is 42.3 Å². The van der Waals surface area contributed by atoms with Crippen molar-refractivity contribution in [1.29, 1.82) is 0 Å². The molecule has 0 aliphatic heterocycles. The quantitative estimate of drug-likeness (QED) is 0.466. The Morgan fingerprint density at radius 3 is 2.54 bits per heavy atom. The van der Waals surface area contributed by atoms with Gasteiger partial charge in [0, 0.05) is 24.4 Å². The minimum absolute atomic E-state index is 0.255. The average molecular weight is 368 g/mol. The van der Waals surface area contributed by atoms with E-state index >= 15 is 0 Å². The minimum atomic E-state index is -4.74. The molecule has 0 saturated carbocycles. The van der Waals surface area contributed by atoms with Crippen molar-refractivity contribution in [2.45, 2.75) is 19.3 Å². The Morgan fingerprint density at radius 2 is 1.92 bits per heavy atom. The van der Waals surface area contributed by atoms with Crippen molar-refractivity contribution in [3.8, 4) is 5.75 Å². The number of nitrogens with one attached hydrogen (secondary N) is 1. The van der Waals surface area contributed by atoms with Gasteiger partial charge in [-0.2, -0.15) is 0 Å². The first-order valence-electron chi connectivity index (χ1n) is 7.45. The summed E-state index contributed by atoms with van der Waals surface area (Å²) in [4.78, 5) is 23.2. The second kappa shape index (κ2) is 8.34. The van der Waals surface area contributed by atoms with Gasteiger partial charge in [-0.1, -0.05) is 12.1 Å². The van der Waals surface area contributed by atoms with Crippen molar-refractivity contribution in [2.75, 3.05) is 0 Å². The second-order valence-corrected chi connectivity index (χ2v) is 5.21. The van der Waals surface area contributed by atoms with E-state index in [1.54, 1.807) is 12.3 Å². The zero-order valence-electron chi connectivity index (χ0n) is 13.4. The standard InChI is InChI=1S/C17H15F3N2O4/c18-17(19,20)26-14-6-3-12(4-7-14)9-11-22-10-1-2-13(16(22)24)5-8-15(23)21-25/h1-8,10,25H,9,11H2,(H,21,23)/b8-5+. The van der Waals surface area contributed by atoms with Crippen molar-refractivity contribution in [3.63, 3.8) is 0 Å². The molecule has 6 nitrogen and oxygen atoms in total. The van der Waals surface area contributed by atoms with Gasteiger partial charge >= 0.3 is 6.36 Å². The van der Waals surface area contributed by atoms with Crippen LogP contribution in [0.4, 0.5) is 13.2 Å². The molecule has 2 aromatic rings. The maximum absolute atomic E-state index is 12.3. The van der Waals surface area contributed by atoms with Crippen molar-refractivity contribution in [1.82, 2.24) is 10.0 Å². The molecule has 0 saturated heterocycles. The molecule has 1 aromatic carbocycles. The van der Waals surface area contributed by atoms with Gasteiger partial charge < -0.3 is 9.30 Å². The van der Waals surface area contributed by atoms with E-state index in [9.17, 15) is 22.8 Å². The highest BCUT2D eigenvalue weighted by Crippen LogP contribution is 2.22. The highest BCUT2D eigenvalue weighted by atomic mass is 19.4. The van der Waals surface area contributed by atoms with E-state index in [-0.39, 0.29) is 16.9 Å². The molecule has 2 rings (SSSR count). The molecule has 1 amide bonds. The molecule has 0 aliphatic rings. The van der Waals surface area contributed by atoms with Gasteiger partial charge in [0.1, 0.15) is 5.75 Å².